The van der Waals surface area contributed by atoms with Gasteiger partial charge in [-0.1, -0.05) is 42.1 Å². The summed E-state index contributed by atoms with van der Waals surface area (Å²) in [6, 6.07) is 8.94. The molecule has 0 spiro atoms. The first-order valence-corrected chi connectivity index (χ1v) is 9.06. The van der Waals surface area contributed by atoms with Gasteiger partial charge in [0.15, 0.2) is 0 Å². The van der Waals surface area contributed by atoms with Crippen LogP contribution in [-0.4, -0.2) is 39.3 Å². The summed E-state index contributed by atoms with van der Waals surface area (Å²) in [6.07, 6.45) is 0.724. The van der Waals surface area contributed by atoms with E-state index in [2.05, 4.69) is 5.32 Å². The summed E-state index contributed by atoms with van der Waals surface area (Å²) in [5.41, 5.74) is 0.0985. The molecule has 0 aromatic heterocycles. The maximum atomic E-state index is 12.2. The summed E-state index contributed by atoms with van der Waals surface area (Å²) in [4.78, 5) is 24.0. The van der Waals surface area contributed by atoms with Crippen LogP contribution in [-0.2, 0) is 4.74 Å². The molecule has 1 fully saturated rings. The van der Waals surface area contributed by atoms with E-state index in [-0.39, 0.29) is 16.4 Å². The van der Waals surface area contributed by atoms with Crippen molar-refractivity contribution in [2.24, 2.45) is 0 Å². The fraction of sp³-hybridized carbons (Fsp3) is 0.556. The van der Waals surface area contributed by atoms with Crippen LogP contribution in [0.2, 0.25) is 0 Å². The minimum absolute atomic E-state index is 0.0294. The average molecular weight is 351 g/mol. The molecular weight excluding hydrogens is 326 g/mol. The van der Waals surface area contributed by atoms with E-state index in [4.69, 9.17) is 4.74 Å². The highest BCUT2D eigenvalue weighted by atomic mass is 32.2. The summed E-state index contributed by atoms with van der Waals surface area (Å²) < 4.78 is 5.23. The number of benzene rings is 1. The normalized spacial score (nSPS) is 24.2. The highest BCUT2D eigenvalue weighted by Crippen LogP contribution is 2.31. The van der Waals surface area contributed by atoms with Gasteiger partial charge in [-0.05, 0) is 40.0 Å². The Hall–Kier alpha value is -1.53. The Morgan fingerprint density at radius 2 is 1.88 bits per heavy atom. The van der Waals surface area contributed by atoms with Gasteiger partial charge in [-0.3, -0.25) is 4.79 Å². The lowest BCUT2D eigenvalue weighted by Gasteiger charge is -2.33. The Bertz CT molecular complexity index is 570. The highest BCUT2D eigenvalue weighted by Gasteiger charge is 2.32. The van der Waals surface area contributed by atoms with E-state index in [1.165, 1.54) is 11.8 Å². The van der Waals surface area contributed by atoms with Crippen molar-refractivity contribution in [2.75, 3.05) is 0 Å². The van der Waals surface area contributed by atoms with Gasteiger partial charge in [0.2, 0.25) is 5.12 Å². The first-order valence-electron chi connectivity index (χ1n) is 8.18. The van der Waals surface area contributed by atoms with Crippen LogP contribution >= 0.6 is 11.8 Å². The number of hydrogen-bond donors (Lipinski definition) is 2. The lowest BCUT2D eigenvalue weighted by Crippen LogP contribution is -2.45. The average Bonchev–Trinajstić information content (AvgIpc) is 2.49. The van der Waals surface area contributed by atoms with Gasteiger partial charge < -0.3 is 15.2 Å². The number of aliphatic hydroxyl groups is 1. The van der Waals surface area contributed by atoms with E-state index < -0.39 is 17.8 Å². The van der Waals surface area contributed by atoms with Crippen molar-refractivity contribution in [3.8, 4) is 0 Å². The molecule has 132 valence electrons. The molecule has 0 aliphatic heterocycles. The topological polar surface area (TPSA) is 75.6 Å². The van der Waals surface area contributed by atoms with E-state index in [0.717, 1.165) is 6.42 Å². The van der Waals surface area contributed by atoms with Crippen molar-refractivity contribution in [2.45, 2.75) is 63.0 Å². The maximum absolute atomic E-state index is 12.2. The van der Waals surface area contributed by atoms with E-state index in [9.17, 15) is 14.7 Å². The van der Waals surface area contributed by atoms with Gasteiger partial charge in [0.25, 0.3) is 0 Å². The number of nitrogens with one attached hydrogen (secondary N) is 1. The molecule has 0 bridgehead atoms. The van der Waals surface area contributed by atoms with Crippen LogP contribution in [0, 0.1) is 0 Å². The molecule has 24 heavy (non-hydrogen) atoms. The summed E-state index contributed by atoms with van der Waals surface area (Å²) in [5, 5.41) is 12.9. The zero-order valence-electron chi connectivity index (χ0n) is 14.3. The standard InChI is InChI=1S/C18H25NO4S/c1-18(2,3)23-17(22)19-13-9-10-15(14(20)11-13)24-16(21)12-7-5-4-6-8-12/h4-8,13-15,20H,9-11H2,1-3H3,(H,19,22)/t13-,14?,15-/m0/s1. The molecule has 1 aliphatic carbocycles. The van der Waals surface area contributed by atoms with Crippen LogP contribution < -0.4 is 5.32 Å². The Morgan fingerprint density at radius 3 is 2.46 bits per heavy atom. The number of carbonyl (C=O) groups excluding carboxylic acids is 2. The quantitative estimate of drug-likeness (QED) is 0.873. The lowest BCUT2D eigenvalue weighted by atomic mass is 9.92. The van der Waals surface area contributed by atoms with Crippen LogP contribution in [0.25, 0.3) is 0 Å². The monoisotopic (exact) mass is 351 g/mol. The minimum atomic E-state index is -0.628. The zero-order chi connectivity index (χ0) is 17.7. The van der Waals surface area contributed by atoms with Crippen LogP contribution in [0.1, 0.15) is 50.4 Å². The van der Waals surface area contributed by atoms with Crippen molar-refractivity contribution in [1.29, 1.82) is 0 Å². The third-order valence-electron chi connectivity index (χ3n) is 3.74. The fourth-order valence-corrected chi connectivity index (χ4v) is 3.71. The largest absolute Gasteiger partial charge is 0.444 e. The van der Waals surface area contributed by atoms with E-state index in [1.807, 2.05) is 39.0 Å². The SMILES string of the molecule is CC(C)(C)OC(=O)N[C@H]1CC[C@H](SC(=O)c2ccccc2)C(O)C1. The predicted molar refractivity (Wildman–Crippen MR) is 95.2 cm³/mol. The van der Waals surface area contributed by atoms with Crippen LogP contribution in [0.5, 0.6) is 0 Å². The second kappa shape index (κ2) is 8.03. The number of thioether (sulfide) groups is 1. The smallest absolute Gasteiger partial charge is 0.407 e. The number of alkyl carbamates (subject to hydrolysis) is 1. The molecule has 1 aliphatic rings. The van der Waals surface area contributed by atoms with Gasteiger partial charge >= 0.3 is 6.09 Å². The molecule has 0 saturated heterocycles. The fourth-order valence-electron chi connectivity index (χ4n) is 2.64. The zero-order valence-corrected chi connectivity index (χ0v) is 15.1. The second-order valence-corrected chi connectivity index (χ2v) is 8.25. The first kappa shape index (κ1) is 18.8. The third kappa shape index (κ3) is 5.83. The van der Waals surface area contributed by atoms with Gasteiger partial charge in [0.1, 0.15) is 5.60 Å². The molecule has 3 atom stereocenters. The number of ether oxygens (including phenoxy) is 1. The molecule has 1 saturated carbocycles. The second-order valence-electron chi connectivity index (χ2n) is 7.03. The van der Waals surface area contributed by atoms with Crippen molar-refractivity contribution in [3.05, 3.63) is 35.9 Å². The van der Waals surface area contributed by atoms with E-state index in [1.54, 1.807) is 12.1 Å². The lowest BCUT2D eigenvalue weighted by molar-refractivity contribution is 0.0455. The number of carbonyl (C=O) groups is 2. The molecule has 1 aromatic carbocycles. The van der Waals surface area contributed by atoms with Crippen LogP contribution in [0.4, 0.5) is 4.79 Å². The van der Waals surface area contributed by atoms with Crippen LogP contribution in [0.15, 0.2) is 30.3 Å². The third-order valence-corrected chi connectivity index (χ3v) is 5.05. The molecule has 1 aromatic rings. The summed E-state index contributed by atoms with van der Waals surface area (Å²) >= 11 is 1.18. The van der Waals surface area contributed by atoms with Crippen molar-refractivity contribution >= 4 is 23.0 Å². The number of rotatable bonds is 3. The Kier molecular flexibility index (Phi) is 6.29. The molecule has 0 heterocycles. The van der Waals surface area contributed by atoms with E-state index in [0.29, 0.717) is 18.4 Å². The maximum Gasteiger partial charge on any atom is 0.407 e. The molecule has 1 amide bonds. The van der Waals surface area contributed by atoms with Crippen molar-refractivity contribution in [3.63, 3.8) is 0 Å². The number of aliphatic hydroxyl groups excluding tert-OH is 1. The molecular formula is C18H25NO4S. The predicted octanol–water partition coefficient (Wildman–Crippen LogP) is 3.37. The Labute approximate surface area is 147 Å². The molecule has 2 N–H and O–H groups in total. The highest BCUT2D eigenvalue weighted by molar-refractivity contribution is 8.14. The molecule has 2 rings (SSSR count). The van der Waals surface area contributed by atoms with Gasteiger partial charge in [-0.2, -0.15) is 0 Å². The molecule has 0 radical (unpaired) electrons. The van der Waals surface area contributed by atoms with Crippen LogP contribution in [0.3, 0.4) is 0 Å². The summed E-state index contributed by atoms with van der Waals surface area (Å²) in [5.74, 6) is 0. The molecule has 1 unspecified atom stereocenters. The summed E-state index contributed by atoms with van der Waals surface area (Å²) in [7, 11) is 0. The number of amides is 1. The number of hydrogen-bond acceptors (Lipinski definition) is 5. The molecule has 6 heteroatoms. The van der Waals surface area contributed by atoms with E-state index >= 15 is 0 Å². The molecule has 5 nitrogen and oxygen atoms in total. The van der Waals surface area contributed by atoms with Gasteiger partial charge in [0, 0.05) is 16.9 Å². The Morgan fingerprint density at radius 1 is 1.21 bits per heavy atom. The van der Waals surface area contributed by atoms with Crippen molar-refractivity contribution in [1.82, 2.24) is 5.32 Å². The minimum Gasteiger partial charge on any atom is -0.444 e. The van der Waals surface area contributed by atoms with Gasteiger partial charge in [-0.15, -0.1) is 0 Å². The van der Waals surface area contributed by atoms with Crippen molar-refractivity contribution < 1.29 is 19.4 Å². The Balaban J connectivity index is 1.82. The van der Waals surface area contributed by atoms with Gasteiger partial charge in [0.05, 0.1) is 6.10 Å². The summed E-state index contributed by atoms with van der Waals surface area (Å²) in [6.45, 7) is 5.43. The first-order chi connectivity index (χ1) is 11.2. The van der Waals surface area contributed by atoms with Gasteiger partial charge in [-0.25, -0.2) is 4.79 Å².